The minimum atomic E-state index is -5.12. The van der Waals surface area contributed by atoms with E-state index in [-0.39, 0.29) is 0 Å². The molecule has 77 heavy (non-hydrogen) atoms. The Balaban J connectivity index is 1.37. The van der Waals surface area contributed by atoms with Crippen LogP contribution in [0.5, 0.6) is 69.0 Å². The van der Waals surface area contributed by atoms with E-state index in [1.807, 2.05) is 27.7 Å². The Kier molecular flexibility index (Phi) is 11.7. The zero-order valence-electron chi connectivity index (χ0n) is 45.5. The summed E-state index contributed by atoms with van der Waals surface area (Å²) < 4.78 is 98.1. The summed E-state index contributed by atoms with van der Waals surface area (Å²) in [6.45, 7) is 29.7. The standard InChI is InChI=1S/C60H60GeO12S4/c1-13-62-41-37-25-26-30-34-33-29(25)53(45(41)66-17-5)74-57(33)49(70-21-9)50(71-22-10)58(34)75-54(30)46(67-18-6)42(63-14-2)38(26)61(37)39-27-28-32-36-35-31(27)55(47(68-19-7)43(39)64-15-3)76-59(35)51(72-23-11)52(73-24-12)60(36)77-56(32)48(69-20-8)44(40(28)61)65-16-4/h13-24H2,1-12H3. The molecule has 400 valence electrons. The van der Waals surface area contributed by atoms with E-state index in [1.54, 1.807) is 45.3 Å². The fourth-order valence-corrected chi connectivity index (χ4v) is 31.7. The van der Waals surface area contributed by atoms with Crippen molar-refractivity contribution >= 4 is 178 Å². The third-order valence-electron chi connectivity index (χ3n) is 15.4. The van der Waals surface area contributed by atoms with E-state index in [9.17, 15) is 0 Å². The van der Waals surface area contributed by atoms with Crippen LogP contribution in [-0.2, 0) is 0 Å². The van der Waals surface area contributed by atoms with Gasteiger partial charge in [0.05, 0.1) is 0 Å². The van der Waals surface area contributed by atoms with Crippen LogP contribution in [0.4, 0.5) is 0 Å². The van der Waals surface area contributed by atoms with E-state index in [0.717, 1.165) is 166 Å². The van der Waals surface area contributed by atoms with Crippen molar-refractivity contribution < 1.29 is 56.8 Å². The van der Waals surface area contributed by atoms with Crippen LogP contribution in [-0.4, -0.2) is 92.5 Å². The summed E-state index contributed by atoms with van der Waals surface area (Å²) in [5.74, 6) is 8.74. The van der Waals surface area contributed by atoms with Gasteiger partial charge in [0, 0.05) is 0 Å². The van der Waals surface area contributed by atoms with Crippen molar-refractivity contribution in [2.75, 3.05) is 79.3 Å². The number of hydrogen-bond donors (Lipinski definition) is 0. The van der Waals surface area contributed by atoms with Crippen molar-refractivity contribution in [1.82, 2.24) is 0 Å². The molecule has 0 amide bonds. The quantitative estimate of drug-likeness (QED) is 0.0424. The van der Waals surface area contributed by atoms with Crippen LogP contribution in [0.15, 0.2) is 0 Å². The van der Waals surface area contributed by atoms with Crippen molar-refractivity contribution in [3.63, 3.8) is 0 Å². The fraction of sp³-hybridized carbons (Fsp3) is 0.400. The zero-order chi connectivity index (χ0) is 53.1. The fourth-order valence-electron chi connectivity index (χ4n) is 13.7. The number of thiophene rings is 4. The maximum absolute atomic E-state index is 7.42. The second kappa shape index (κ2) is 18.2. The topological polar surface area (TPSA) is 111 Å². The Morgan fingerprint density at radius 1 is 0.195 bits per heavy atom. The molecule has 0 saturated carbocycles. The number of hydrogen-bond acceptors (Lipinski definition) is 16. The van der Waals surface area contributed by atoms with Crippen LogP contribution in [0.3, 0.4) is 0 Å². The molecule has 14 rings (SSSR count). The number of rotatable bonds is 24. The number of fused-ring (bicyclic) bond motifs is 4. The molecule has 0 atom stereocenters. The molecule has 0 aliphatic carbocycles. The van der Waals surface area contributed by atoms with Crippen molar-refractivity contribution in [1.29, 1.82) is 0 Å². The predicted molar refractivity (Wildman–Crippen MR) is 323 cm³/mol. The van der Waals surface area contributed by atoms with Crippen molar-refractivity contribution in [3.05, 3.63) is 0 Å². The molecule has 17 heteroatoms. The van der Waals surface area contributed by atoms with Gasteiger partial charge >= 0.3 is 467 Å². The molecule has 0 unspecified atom stereocenters. The molecule has 2 aliphatic heterocycles. The number of benzene rings is 8. The van der Waals surface area contributed by atoms with Gasteiger partial charge in [-0.1, -0.05) is 0 Å². The first kappa shape index (κ1) is 49.6. The minimum absolute atomic E-state index is 0.382. The molecule has 6 heterocycles. The summed E-state index contributed by atoms with van der Waals surface area (Å²) in [5, 5.41) is 13.6. The van der Waals surface area contributed by atoms with E-state index in [4.69, 9.17) is 56.8 Å². The van der Waals surface area contributed by atoms with Gasteiger partial charge in [0.25, 0.3) is 0 Å². The molecule has 0 saturated heterocycles. The molecule has 0 bridgehead atoms. The first-order chi connectivity index (χ1) is 37.8. The van der Waals surface area contributed by atoms with Crippen molar-refractivity contribution in [3.8, 4) is 69.0 Å². The molecule has 0 N–H and O–H groups in total. The molecule has 0 radical (unpaired) electrons. The van der Waals surface area contributed by atoms with Gasteiger partial charge in [-0.25, -0.2) is 0 Å². The molecule has 2 aliphatic rings. The van der Waals surface area contributed by atoms with Gasteiger partial charge in [-0.15, -0.1) is 0 Å². The normalized spacial score (nSPS) is 13.7. The molecular formula is C60H60GeO12S4. The summed E-state index contributed by atoms with van der Waals surface area (Å²) in [6.07, 6.45) is 0. The summed E-state index contributed by atoms with van der Waals surface area (Å²) in [4.78, 5) is 0. The summed E-state index contributed by atoms with van der Waals surface area (Å²) in [5.41, 5.74) is 0. The molecular weight excluding hydrogens is 1110 g/mol. The van der Waals surface area contributed by atoms with Gasteiger partial charge in [-0.3, -0.25) is 0 Å². The van der Waals surface area contributed by atoms with E-state index >= 15 is 0 Å². The molecule has 1 spiro atoms. The van der Waals surface area contributed by atoms with Gasteiger partial charge in [-0.05, 0) is 0 Å². The van der Waals surface area contributed by atoms with E-state index in [0.29, 0.717) is 102 Å². The average Bonchev–Trinajstić information content (AvgIpc) is 2.77. The molecule has 12 aromatic rings. The van der Waals surface area contributed by atoms with Crippen LogP contribution in [0.2, 0.25) is 0 Å². The Hall–Kier alpha value is -5.66. The monoisotopic (exact) mass is 1170 g/mol. The van der Waals surface area contributed by atoms with Gasteiger partial charge in [0.2, 0.25) is 0 Å². The third-order valence-corrected chi connectivity index (χ3v) is 30.4. The van der Waals surface area contributed by atoms with E-state index in [2.05, 4.69) is 55.4 Å². The Labute approximate surface area is 463 Å². The summed E-state index contributed by atoms with van der Waals surface area (Å²) in [6, 6.07) is 0. The van der Waals surface area contributed by atoms with Crippen LogP contribution in [0, 0.1) is 0 Å². The Bertz CT molecular complexity index is 3800. The van der Waals surface area contributed by atoms with Gasteiger partial charge in [-0.2, -0.15) is 0 Å². The second-order valence-electron chi connectivity index (χ2n) is 18.9. The molecule has 8 aromatic carbocycles. The van der Waals surface area contributed by atoms with E-state index in [1.165, 1.54) is 0 Å². The first-order valence-electron chi connectivity index (χ1n) is 27.5. The SMILES string of the molecule is CCOc1c(OCC)c2sc3c(OCC)c(OCC)c4sc5c(OCC)c(OCC)[c]6c7c([c]1[Ge]61[c]6c(OCC)c(OCC)c8sc9c(OCC)c(OCC)c%10sc%11c(OCC)c(OCC)[c]1c1c6c8c9c%10c%111)c2c3c4c57. The average molecular weight is 1170 g/mol. The van der Waals surface area contributed by atoms with E-state index < -0.39 is 13.3 Å². The van der Waals surface area contributed by atoms with Gasteiger partial charge < -0.3 is 0 Å². The zero-order valence-corrected chi connectivity index (χ0v) is 50.9. The van der Waals surface area contributed by atoms with Crippen molar-refractivity contribution in [2.45, 2.75) is 83.1 Å². The summed E-state index contributed by atoms with van der Waals surface area (Å²) >= 11 is 1.70. The van der Waals surface area contributed by atoms with Crippen LogP contribution >= 0.6 is 45.3 Å². The van der Waals surface area contributed by atoms with Crippen molar-refractivity contribution in [2.24, 2.45) is 0 Å². The Morgan fingerprint density at radius 2 is 0.325 bits per heavy atom. The molecule has 12 nitrogen and oxygen atoms in total. The molecule has 4 aromatic heterocycles. The van der Waals surface area contributed by atoms with Gasteiger partial charge in [0.15, 0.2) is 0 Å². The van der Waals surface area contributed by atoms with Crippen LogP contribution in [0.1, 0.15) is 83.1 Å². The number of ether oxygens (including phenoxy) is 12. The molecule has 0 fully saturated rings. The van der Waals surface area contributed by atoms with Crippen LogP contribution < -0.4 is 74.4 Å². The summed E-state index contributed by atoms with van der Waals surface area (Å²) in [7, 11) is 0. The third kappa shape index (κ3) is 5.78. The first-order valence-corrected chi connectivity index (χ1v) is 35.0. The predicted octanol–water partition coefficient (Wildman–Crippen LogP) is 14.0. The van der Waals surface area contributed by atoms with Crippen LogP contribution in [0.25, 0.3) is 102 Å². The Morgan fingerprint density at radius 3 is 0.481 bits per heavy atom. The van der Waals surface area contributed by atoms with Gasteiger partial charge in [0.1, 0.15) is 0 Å². The maximum atomic E-state index is 7.42. The second-order valence-corrected chi connectivity index (χ2v) is 30.4.